The van der Waals surface area contributed by atoms with E-state index in [1.54, 1.807) is 12.3 Å². The van der Waals surface area contributed by atoms with Crippen molar-refractivity contribution >= 4 is 17.9 Å². The first kappa shape index (κ1) is 15.2. The van der Waals surface area contributed by atoms with E-state index >= 15 is 0 Å². The van der Waals surface area contributed by atoms with Gasteiger partial charge in [0.25, 0.3) is 0 Å². The minimum atomic E-state index is -0.411. The molecule has 2 heterocycles. The first-order valence-corrected chi connectivity index (χ1v) is 7.51. The topological polar surface area (TPSA) is 56.5 Å². The average Bonchev–Trinajstić information content (AvgIpc) is 3.08. The van der Waals surface area contributed by atoms with Crippen molar-refractivity contribution in [3.05, 3.63) is 59.5 Å². The Labute approximate surface area is 135 Å². The number of hydrogen-bond acceptors (Lipinski definition) is 4. The van der Waals surface area contributed by atoms with Crippen molar-refractivity contribution in [2.45, 2.75) is 27.3 Å². The molecule has 1 aliphatic heterocycles. The predicted molar refractivity (Wildman–Crippen MR) is 88.7 cm³/mol. The van der Waals surface area contributed by atoms with E-state index < -0.39 is 5.97 Å². The van der Waals surface area contributed by atoms with Gasteiger partial charge >= 0.3 is 5.97 Å². The van der Waals surface area contributed by atoms with Gasteiger partial charge in [-0.3, -0.25) is 4.68 Å². The zero-order valence-electron chi connectivity index (χ0n) is 13.5. The summed E-state index contributed by atoms with van der Waals surface area (Å²) in [4.78, 5) is 16.2. The van der Waals surface area contributed by atoms with Gasteiger partial charge in [-0.1, -0.05) is 51.1 Å². The lowest BCUT2D eigenvalue weighted by Crippen LogP contribution is -2.21. The molecular weight excluding hydrogens is 290 g/mol. The van der Waals surface area contributed by atoms with Crippen molar-refractivity contribution in [1.29, 1.82) is 0 Å². The van der Waals surface area contributed by atoms with Crippen LogP contribution in [0.15, 0.2) is 53.4 Å². The molecule has 23 heavy (non-hydrogen) atoms. The molecule has 0 spiro atoms. The van der Waals surface area contributed by atoms with E-state index in [-0.39, 0.29) is 5.41 Å². The smallest absolute Gasteiger partial charge is 0.363 e. The molecule has 0 atom stereocenters. The standard InChI is InChI=1S/C18H19N3O2/c1-18(2,3)17-20-15(16(22)23-17)9-14-10-19-21(12-14)11-13-7-5-4-6-8-13/h4-10,12H,11H2,1-3H3/b15-9+. The minimum Gasteiger partial charge on any atom is -0.406 e. The molecule has 2 aromatic rings. The SMILES string of the molecule is CC(C)(C)C1=N/C(=C/c2cnn(Cc3ccccc3)c2)C(=O)O1. The number of esters is 1. The van der Waals surface area contributed by atoms with Crippen molar-refractivity contribution in [3.63, 3.8) is 0 Å². The number of hydrogen-bond donors (Lipinski definition) is 0. The van der Waals surface area contributed by atoms with Gasteiger partial charge in [-0.15, -0.1) is 0 Å². The van der Waals surface area contributed by atoms with Crippen LogP contribution in [-0.2, 0) is 16.1 Å². The maximum absolute atomic E-state index is 11.9. The summed E-state index contributed by atoms with van der Waals surface area (Å²) < 4.78 is 7.06. The first-order chi connectivity index (χ1) is 10.9. The summed E-state index contributed by atoms with van der Waals surface area (Å²) in [6.07, 6.45) is 5.31. The third kappa shape index (κ3) is 3.56. The Balaban J connectivity index is 1.79. The number of rotatable bonds is 3. The van der Waals surface area contributed by atoms with Gasteiger partial charge in [0, 0.05) is 17.2 Å². The fourth-order valence-corrected chi connectivity index (χ4v) is 2.20. The molecule has 5 heteroatoms. The van der Waals surface area contributed by atoms with Crippen LogP contribution >= 0.6 is 0 Å². The summed E-state index contributed by atoms with van der Waals surface area (Å²) in [5.41, 5.74) is 2.02. The molecule has 118 valence electrons. The Morgan fingerprint density at radius 1 is 1.22 bits per heavy atom. The highest BCUT2D eigenvalue weighted by Gasteiger charge is 2.31. The summed E-state index contributed by atoms with van der Waals surface area (Å²) in [5, 5.41) is 4.32. The van der Waals surface area contributed by atoms with E-state index in [1.165, 1.54) is 5.56 Å². The summed E-state index contributed by atoms with van der Waals surface area (Å²) in [5.74, 6) is 0.0381. The highest BCUT2D eigenvalue weighted by Crippen LogP contribution is 2.25. The molecule has 1 aromatic heterocycles. The fraction of sp³-hybridized carbons (Fsp3) is 0.278. The minimum absolute atomic E-state index is 0.289. The van der Waals surface area contributed by atoms with Crippen LogP contribution in [0.3, 0.4) is 0 Å². The molecule has 0 unspecified atom stereocenters. The average molecular weight is 309 g/mol. The second-order valence-corrected chi connectivity index (χ2v) is 6.54. The van der Waals surface area contributed by atoms with Crippen molar-refractivity contribution in [1.82, 2.24) is 9.78 Å². The molecule has 0 saturated carbocycles. The zero-order valence-corrected chi connectivity index (χ0v) is 13.5. The lowest BCUT2D eigenvalue weighted by atomic mass is 9.97. The molecule has 1 aromatic carbocycles. The van der Waals surface area contributed by atoms with Gasteiger partial charge in [0.2, 0.25) is 5.90 Å². The molecule has 1 aliphatic rings. The fourth-order valence-electron chi connectivity index (χ4n) is 2.20. The highest BCUT2D eigenvalue weighted by molar-refractivity contribution is 6.08. The third-order valence-electron chi connectivity index (χ3n) is 3.41. The quantitative estimate of drug-likeness (QED) is 0.646. The summed E-state index contributed by atoms with van der Waals surface area (Å²) in [6, 6.07) is 10.1. The molecular formula is C18H19N3O2. The normalized spacial score (nSPS) is 16.6. The maximum atomic E-state index is 11.9. The van der Waals surface area contributed by atoms with E-state index in [0.29, 0.717) is 18.1 Å². The van der Waals surface area contributed by atoms with Crippen LogP contribution in [0.2, 0.25) is 0 Å². The van der Waals surface area contributed by atoms with Gasteiger partial charge in [0.1, 0.15) is 0 Å². The predicted octanol–water partition coefficient (Wildman–Crippen LogP) is 3.27. The summed E-state index contributed by atoms with van der Waals surface area (Å²) in [7, 11) is 0. The molecule has 5 nitrogen and oxygen atoms in total. The largest absolute Gasteiger partial charge is 0.406 e. The van der Waals surface area contributed by atoms with Gasteiger partial charge < -0.3 is 4.74 Å². The van der Waals surface area contributed by atoms with Gasteiger partial charge in [0.05, 0.1) is 12.7 Å². The Bertz CT molecular complexity index is 780. The van der Waals surface area contributed by atoms with E-state index in [0.717, 1.165) is 5.56 Å². The monoisotopic (exact) mass is 309 g/mol. The van der Waals surface area contributed by atoms with E-state index in [1.807, 2.05) is 62.0 Å². The third-order valence-corrected chi connectivity index (χ3v) is 3.41. The second-order valence-electron chi connectivity index (χ2n) is 6.54. The number of carbonyl (C=O) groups excluding carboxylic acids is 1. The molecule has 0 amide bonds. The van der Waals surface area contributed by atoms with Crippen molar-refractivity contribution in [2.24, 2.45) is 10.4 Å². The van der Waals surface area contributed by atoms with E-state index in [9.17, 15) is 4.79 Å². The number of benzene rings is 1. The second kappa shape index (κ2) is 5.83. The number of aromatic nitrogens is 2. The van der Waals surface area contributed by atoms with Crippen molar-refractivity contribution in [2.75, 3.05) is 0 Å². The summed E-state index contributed by atoms with van der Waals surface area (Å²) in [6.45, 7) is 6.56. The lowest BCUT2D eigenvalue weighted by Gasteiger charge is -2.15. The molecule has 0 saturated heterocycles. The molecule has 3 rings (SSSR count). The highest BCUT2D eigenvalue weighted by atomic mass is 16.6. The number of carbonyl (C=O) groups is 1. The summed E-state index contributed by atoms with van der Waals surface area (Å²) >= 11 is 0. The van der Waals surface area contributed by atoms with Gasteiger partial charge in [-0.05, 0) is 11.6 Å². The van der Waals surface area contributed by atoms with Crippen molar-refractivity contribution < 1.29 is 9.53 Å². The Hall–Kier alpha value is -2.69. The first-order valence-electron chi connectivity index (χ1n) is 7.51. The number of ether oxygens (including phenoxy) is 1. The lowest BCUT2D eigenvalue weighted by molar-refractivity contribution is -0.130. The maximum Gasteiger partial charge on any atom is 0.363 e. The molecule has 0 bridgehead atoms. The van der Waals surface area contributed by atoms with E-state index in [4.69, 9.17) is 4.74 Å². The van der Waals surface area contributed by atoms with Gasteiger partial charge in [0.15, 0.2) is 5.70 Å². The Kier molecular flexibility index (Phi) is 3.86. The number of cyclic esters (lactones) is 1. The van der Waals surface area contributed by atoms with Crippen LogP contribution in [0.4, 0.5) is 0 Å². The Morgan fingerprint density at radius 2 is 1.96 bits per heavy atom. The zero-order chi connectivity index (χ0) is 16.4. The van der Waals surface area contributed by atoms with E-state index in [2.05, 4.69) is 10.1 Å². The van der Waals surface area contributed by atoms with Crippen LogP contribution in [0.25, 0.3) is 6.08 Å². The molecule has 0 N–H and O–H groups in total. The molecule has 0 aliphatic carbocycles. The molecule has 0 radical (unpaired) electrons. The van der Waals surface area contributed by atoms with Gasteiger partial charge in [-0.25, -0.2) is 9.79 Å². The number of aliphatic imine (C=N–C) groups is 1. The van der Waals surface area contributed by atoms with Crippen LogP contribution < -0.4 is 0 Å². The van der Waals surface area contributed by atoms with Crippen molar-refractivity contribution in [3.8, 4) is 0 Å². The van der Waals surface area contributed by atoms with Crippen LogP contribution in [0, 0.1) is 5.41 Å². The Morgan fingerprint density at radius 3 is 2.61 bits per heavy atom. The molecule has 0 fully saturated rings. The van der Waals surface area contributed by atoms with Gasteiger partial charge in [-0.2, -0.15) is 5.10 Å². The number of nitrogens with zero attached hydrogens (tertiary/aromatic N) is 3. The van der Waals surface area contributed by atoms with Crippen LogP contribution in [0.5, 0.6) is 0 Å². The van der Waals surface area contributed by atoms with Crippen LogP contribution in [0.1, 0.15) is 31.9 Å². The van der Waals surface area contributed by atoms with Crippen LogP contribution in [-0.4, -0.2) is 21.6 Å².